The smallest absolute Gasteiger partial charge is 2.00 e. The maximum Gasteiger partial charge on any atom is 5.00 e. The van der Waals surface area contributed by atoms with Gasteiger partial charge in [0, 0.05) is 0 Å². The fourth-order valence-electron chi connectivity index (χ4n) is 0. The minimum absolute atomic E-state index is 0. The fourth-order valence-corrected chi connectivity index (χ4v) is 0. The summed E-state index contributed by atoms with van der Waals surface area (Å²) in [6, 6.07) is 0. The second kappa shape index (κ2) is 219. The zero-order valence-corrected chi connectivity index (χ0v) is 6.51. The van der Waals surface area contributed by atoms with Gasteiger partial charge >= 0.3 is 40.2 Å². The molecule has 0 aromatic rings. The summed E-state index contributed by atoms with van der Waals surface area (Å²) in [4.78, 5) is 0. The van der Waals surface area contributed by atoms with Gasteiger partial charge in [-0.05, 0) is 0 Å². The minimum Gasteiger partial charge on any atom is -2.00 e. The van der Waals surface area contributed by atoms with Gasteiger partial charge in [0.25, 0.3) is 0 Å². The first-order valence-electron chi connectivity index (χ1n) is 0. The minimum atomic E-state index is 0. The van der Waals surface area contributed by atoms with Crippen molar-refractivity contribution in [2.75, 3.05) is 0 Å². The van der Waals surface area contributed by atoms with Crippen molar-refractivity contribution in [2.24, 2.45) is 0 Å². The third-order valence-corrected chi connectivity index (χ3v) is 0. The molecule has 0 aromatic heterocycles. The predicted octanol–water partition coefficient (Wildman–Crippen LogP) is -0.599. The average Bonchev–Trinajstić information content (AvgIpc) is 0. The van der Waals surface area contributed by atoms with E-state index in [1.165, 1.54) is 0 Å². The molecule has 0 spiro atoms. The Hall–Kier alpha value is 1.10. The maximum absolute atomic E-state index is 0. The van der Waals surface area contributed by atoms with Gasteiger partial charge in [0.15, 0.2) is 0 Å². The van der Waals surface area contributed by atoms with E-state index in [0.717, 1.165) is 0 Å². The molecule has 0 bridgehead atoms. The largest absolute Gasteiger partial charge is 5.00 e. The van der Waals surface area contributed by atoms with Crippen LogP contribution >= 0.6 is 0 Å². The van der Waals surface area contributed by atoms with Crippen LogP contribution < -0.4 is 0 Å². The normalized spacial score (nSPS) is 0. The van der Waals surface area contributed by atoms with Crippen molar-refractivity contribution in [3.05, 3.63) is 0 Å². The Bertz CT molecular complexity index is 6.04. The first-order valence-corrected chi connectivity index (χ1v) is 0. The van der Waals surface area contributed by atoms with E-state index in [4.69, 9.17) is 0 Å². The van der Waals surface area contributed by atoms with Crippen LogP contribution in [0.15, 0.2) is 0 Å². The van der Waals surface area contributed by atoms with E-state index in [0.29, 0.717) is 0 Å². The summed E-state index contributed by atoms with van der Waals surface area (Å²) in [5.74, 6) is 0. The van der Waals surface area contributed by atoms with E-state index >= 15 is 0 Å². The van der Waals surface area contributed by atoms with Gasteiger partial charge in [-0.3, -0.25) is 0 Å². The van der Waals surface area contributed by atoms with Crippen molar-refractivity contribution in [3.8, 4) is 0 Å². The fraction of sp³-hybridized carbons (Fsp3) is 0. The predicted molar refractivity (Wildman–Crippen MR) is 3.43 cm³/mol. The molecule has 0 N–H and O–H groups in total. The van der Waals surface area contributed by atoms with Gasteiger partial charge in [0.05, 0.1) is 0 Å². The molecule has 5 nitrogen and oxygen atoms in total. The molecule has 0 radical (unpaired) electrons. The van der Waals surface area contributed by atoms with E-state index in [9.17, 15) is 0 Å². The zero-order chi connectivity index (χ0) is 0. The molecule has 0 atom stereocenters. The van der Waals surface area contributed by atoms with Crippen LogP contribution in [0.3, 0.4) is 0 Å². The second-order valence-corrected chi connectivity index (χ2v) is 0. The molecule has 0 amide bonds. The Morgan fingerprint density at radius 1 is 0.286 bits per heavy atom. The standard InChI is InChI=1S/5O.2Tc/q5*-2;2*+5. The molecule has 0 rings (SSSR count). The molecule has 0 aliphatic rings. The molecular formula is O5Tc2. The van der Waals surface area contributed by atoms with E-state index in [1.807, 2.05) is 0 Å². The monoisotopic (exact) mass is 274 g/mol. The SMILES string of the molecule is [O-2].[O-2].[O-2].[O-2].[O-2].[Tc+5].[Tc+5]. The van der Waals surface area contributed by atoms with E-state index in [1.54, 1.807) is 0 Å². The molecule has 0 unspecified atom stereocenters. The third kappa shape index (κ3) is 153. The van der Waals surface area contributed by atoms with Crippen molar-refractivity contribution in [2.45, 2.75) is 0 Å². The van der Waals surface area contributed by atoms with Crippen LogP contribution in [-0.2, 0) is 67.6 Å². The Balaban J connectivity index is 0. The van der Waals surface area contributed by atoms with E-state index in [-0.39, 0.29) is 67.6 Å². The number of hydrogen-bond donors (Lipinski definition) is 0. The van der Waals surface area contributed by atoms with Gasteiger partial charge in [-0.1, -0.05) is 0 Å². The summed E-state index contributed by atoms with van der Waals surface area (Å²) >= 11 is 0. The summed E-state index contributed by atoms with van der Waals surface area (Å²) < 4.78 is 0. The molecule has 0 heterocycles. The van der Waals surface area contributed by atoms with Crippen LogP contribution in [0.4, 0.5) is 0 Å². The van der Waals surface area contributed by atoms with Gasteiger partial charge in [-0.15, -0.1) is 0 Å². The molecule has 0 aromatic carbocycles. The number of rotatable bonds is 0. The molecule has 7 heavy (non-hydrogen) atoms. The maximum atomic E-state index is 0. The molecule has 0 aliphatic carbocycles. The summed E-state index contributed by atoms with van der Waals surface area (Å²) in [7, 11) is 0. The quantitative estimate of drug-likeness (QED) is 0.556. The van der Waals surface area contributed by atoms with Crippen LogP contribution in [0.2, 0.25) is 0 Å². The Morgan fingerprint density at radius 3 is 0.286 bits per heavy atom. The molecule has 44 valence electrons. The van der Waals surface area contributed by atoms with Crippen LogP contribution in [-0.4, -0.2) is 0 Å². The topological polar surface area (TPSA) is 142 Å². The van der Waals surface area contributed by atoms with Crippen molar-refractivity contribution in [3.63, 3.8) is 0 Å². The second-order valence-electron chi connectivity index (χ2n) is 0. The molecule has 0 fully saturated rings. The van der Waals surface area contributed by atoms with Crippen LogP contribution in [0.25, 0.3) is 0 Å². The summed E-state index contributed by atoms with van der Waals surface area (Å²) in [5.41, 5.74) is 0. The molecule has 7 heteroatoms. The summed E-state index contributed by atoms with van der Waals surface area (Å²) in [5, 5.41) is 0. The zero-order valence-electron chi connectivity index (χ0n) is 2.80. The van der Waals surface area contributed by atoms with Crippen molar-refractivity contribution < 1.29 is 67.6 Å². The third-order valence-electron chi connectivity index (χ3n) is 0. The molecule has 0 aliphatic heterocycles. The van der Waals surface area contributed by atoms with Gasteiger partial charge in [-0.25, -0.2) is 0 Å². The van der Waals surface area contributed by atoms with Gasteiger partial charge in [-0.2, -0.15) is 0 Å². The Morgan fingerprint density at radius 2 is 0.286 bits per heavy atom. The summed E-state index contributed by atoms with van der Waals surface area (Å²) in [6.07, 6.45) is 0. The number of hydrogen-bond acceptors (Lipinski definition) is 0. The Labute approximate surface area is 67.7 Å². The average molecular weight is 276 g/mol. The van der Waals surface area contributed by atoms with Crippen molar-refractivity contribution >= 4 is 0 Å². The first kappa shape index (κ1) is 338. The van der Waals surface area contributed by atoms with Crippen molar-refractivity contribution in [1.29, 1.82) is 0 Å². The molecular weight excluding hydrogens is 276 g/mol. The van der Waals surface area contributed by atoms with E-state index < -0.39 is 0 Å². The molecule has 0 saturated heterocycles. The first-order chi connectivity index (χ1) is 0. The van der Waals surface area contributed by atoms with Gasteiger partial charge < -0.3 is 27.4 Å². The Kier molecular flexibility index (Phi) is 10600. The van der Waals surface area contributed by atoms with Crippen LogP contribution in [0.1, 0.15) is 0 Å². The van der Waals surface area contributed by atoms with Gasteiger partial charge in [0.1, 0.15) is 0 Å². The van der Waals surface area contributed by atoms with Crippen LogP contribution in [0, 0.1) is 0 Å². The molecule has 0 saturated carbocycles. The van der Waals surface area contributed by atoms with Gasteiger partial charge in [0.2, 0.25) is 0 Å². The van der Waals surface area contributed by atoms with Crippen molar-refractivity contribution in [1.82, 2.24) is 0 Å². The summed E-state index contributed by atoms with van der Waals surface area (Å²) in [6.45, 7) is 0. The van der Waals surface area contributed by atoms with E-state index in [2.05, 4.69) is 0 Å². The van der Waals surface area contributed by atoms with Crippen LogP contribution in [0.5, 0.6) is 0 Å².